The van der Waals surface area contributed by atoms with Crippen molar-refractivity contribution in [2.75, 3.05) is 18.8 Å². The van der Waals surface area contributed by atoms with Crippen LogP contribution in [0.2, 0.25) is 0 Å². The summed E-state index contributed by atoms with van der Waals surface area (Å²) in [6.45, 7) is 3.36. The van der Waals surface area contributed by atoms with Gasteiger partial charge in [-0.25, -0.2) is 12.8 Å². The second-order valence-electron chi connectivity index (χ2n) is 5.44. The number of β-amino-alcohol motifs (C(OH)–C–C–N with tert-alkyl or cyclic N) is 1. The molecular formula is C14H20FNO4S. The molecule has 0 unspecified atom stereocenters. The Kier molecular flexibility index (Phi) is 4.55. The van der Waals surface area contributed by atoms with Gasteiger partial charge in [0.1, 0.15) is 23.3 Å². The Morgan fingerprint density at radius 2 is 2.24 bits per heavy atom. The lowest BCUT2D eigenvalue weighted by Gasteiger charge is -2.41. The maximum absolute atomic E-state index is 13.1. The Hall–Kier alpha value is -1.18. The molecule has 1 aromatic rings. The van der Waals surface area contributed by atoms with E-state index in [4.69, 9.17) is 4.74 Å². The van der Waals surface area contributed by atoms with Crippen LogP contribution in [0.15, 0.2) is 24.3 Å². The highest BCUT2D eigenvalue weighted by molar-refractivity contribution is 7.89. The van der Waals surface area contributed by atoms with E-state index in [1.54, 1.807) is 13.0 Å². The summed E-state index contributed by atoms with van der Waals surface area (Å²) in [5, 5.41) is 10.5. The third kappa shape index (κ3) is 3.72. The third-order valence-corrected chi connectivity index (χ3v) is 5.49. The van der Waals surface area contributed by atoms with Crippen molar-refractivity contribution >= 4 is 10.0 Å². The maximum Gasteiger partial charge on any atom is 0.213 e. The molecule has 2 rings (SSSR count). The van der Waals surface area contributed by atoms with Gasteiger partial charge in [-0.1, -0.05) is 6.07 Å². The van der Waals surface area contributed by atoms with Crippen molar-refractivity contribution in [1.29, 1.82) is 0 Å². The number of aliphatic hydroxyl groups is 1. The number of sulfonamides is 1. The molecule has 21 heavy (non-hydrogen) atoms. The molecule has 1 aliphatic rings. The van der Waals surface area contributed by atoms with Crippen LogP contribution in [0.1, 0.15) is 20.3 Å². The van der Waals surface area contributed by atoms with E-state index < -0.39 is 27.5 Å². The van der Waals surface area contributed by atoms with Crippen molar-refractivity contribution in [3.05, 3.63) is 30.1 Å². The first-order valence-corrected chi connectivity index (χ1v) is 8.48. The molecule has 0 bridgehead atoms. The molecule has 0 amide bonds. The minimum atomic E-state index is -3.34. The molecule has 1 heterocycles. The van der Waals surface area contributed by atoms with E-state index in [9.17, 15) is 17.9 Å². The van der Waals surface area contributed by atoms with Gasteiger partial charge in [0.25, 0.3) is 0 Å². The monoisotopic (exact) mass is 317 g/mol. The molecule has 1 aliphatic heterocycles. The summed E-state index contributed by atoms with van der Waals surface area (Å²) in [6.07, 6.45) is -0.231. The van der Waals surface area contributed by atoms with Crippen LogP contribution in [-0.4, -0.2) is 48.4 Å². The average Bonchev–Trinajstić information content (AvgIpc) is 2.40. The predicted octanol–water partition coefficient (Wildman–Crippen LogP) is 1.38. The molecular weight excluding hydrogens is 297 g/mol. The number of nitrogens with zero attached hydrogens (tertiary/aromatic N) is 1. The molecule has 0 aromatic heterocycles. The Labute approximate surface area is 124 Å². The number of halogens is 1. The number of rotatable bonds is 4. The zero-order chi connectivity index (χ0) is 15.7. The lowest BCUT2D eigenvalue weighted by atomic mass is 9.93. The average molecular weight is 317 g/mol. The van der Waals surface area contributed by atoms with Crippen molar-refractivity contribution in [3.8, 4) is 5.75 Å². The first kappa shape index (κ1) is 16.2. The van der Waals surface area contributed by atoms with Crippen molar-refractivity contribution in [1.82, 2.24) is 4.31 Å². The van der Waals surface area contributed by atoms with E-state index in [0.29, 0.717) is 12.2 Å². The summed E-state index contributed by atoms with van der Waals surface area (Å²) >= 11 is 0. The minimum absolute atomic E-state index is 0.00149. The second-order valence-corrected chi connectivity index (χ2v) is 7.70. The molecule has 2 atom stereocenters. The number of hydrogen-bond acceptors (Lipinski definition) is 4. The fourth-order valence-electron chi connectivity index (χ4n) is 2.42. The Morgan fingerprint density at radius 1 is 1.52 bits per heavy atom. The summed E-state index contributed by atoms with van der Waals surface area (Å²) < 4.78 is 43.8. The van der Waals surface area contributed by atoms with E-state index >= 15 is 0 Å². The third-order valence-electron chi connectivity index (χ3n) is 3.66. The fraction of sp³-hybridized carbons (Fsp3) is 0.571. The summed E-state index contributed by atoms with van der Waals surface area (Å²) in [5.74, 6) is -0.0939. The Balaban J connectivity index is 2.11. The van der Waals surface area contributed by atoms with Crippen LogP contribution in [-0.2, 0) is 10.0 Å². The Morgan fingerprint density at radius 3 is 2.81 bits per heavy atom. The zero-order valence-electron chi connectivity index (χ0n) is 12.1. The number of ether oxygens (including phenoxy) is 1. The van der Waals surface area contributed by atoms with Crippen molar-refractivity contribution in [3.63, 3.8) is 0 Å². The molecule has 0 aliphatic carbocycles. The quantitative estimate of drug-likeness (QED) is 0.911. The van der Waals surface area contributed by atoms with Crippen molar-refractivity contribution in [2.45, 2.75) is 32.0 Å². The largest absolute Gasteiger partial charge is 0.487 e. The first-order chi connectivity index (χ1) is 9.74. The molecule has 0 spiro atoms. The van der Waals surface area contributed by atoms with E-state index in [1.165, 1.54) is 29.4 Å². The van der Waals surface area contributed by atoms with Gasteiger partial charge in [0, 0.05) is 25.6 Å². The smallest absolute Gasteiger partial charge is 0.213 e. The minimum Gasteiger partial charge on any atom is -0.487 e. The van der Waals surface area contributed by atoms with Crippen LogP contribution < -0.4 is 4.74 Å². The Bertz CT molecular complexity index is 603. The van der Waals surface area contributed by atoms with Gasteiger partial charge in [-0.3, -0.25) is 0 Å². The van der Waals surface area contributed by atoms with Gasteiger partial charge in [0.2, 0.25) is 10.0 Å². The van der Waals surface area contributed by atoms with Crippen LogP contribution in [0.4, 0.5) is 4.39 Å². The normalized spacial score (nSPS) is 27.5. The standard InChI is InChI=1S/C14H20FNO4S/c1-3-21(18,19)16-8-7-13(14(2,17)10-16)20-12-6-4-5-11(15)9-12/h4-6,9,13,17H,3,7-8,10H2,1-2H3/t13-,14-/m0/s1. The van der Waals surface area contributed by atoms with Crippen LogP contribution in [0.3, 0.4) is 0 Å². The van der Waals surface area contributed by atoms with Crippen molar-refractivity contribution in [2.24, 2.45) is 0 Å². The van der Waals surface area contributed by atoms with Gasteiger partial charge in [0.15, 0.2) is 0 Å². The van der Waals surface area contributed by atoms with Gasteiger partial charge in [-0.05, 0) is 26.0 Å². The second kappa shape index (κ2) is 5.90. The molecule has 1 saturated heterocycles. The van der Waals surface area contributed by atoms with E-state index in [1.807, 2.05) is 0 Å². The molecule has 7 heteroatoms. The van der Waals surface area contributed by atoms with Crippen LogP contribution in [0, 0.1) is 5.82 Å². The summed E-state index contributed by atoms with van der Waals surface area (Å²) in [6, 6.07) is 5.68. The number of piperidine rings is 1. The van der Waals surface area contributed by atoms with Crippen molar-refractivity contribution < 1.29 is 22.7 Å². The lowest BCUT2D eigenvalue weighted by Crippen LogP contribution is -2.58. The predicted molar refractivity (Wildman–Crippen MR) is 77.1 cm³/mol. The molecule has 1 aromatic carbocycles. The number of hydrogen-bond donors (Lipinski definition) is 1. The summed E-state index contributed by atoms with van der Waals surface area (Å²) in [7, 11) is -3.34. The zero-order valence-corrected chi connectivity index (χ0v) is 12.9. The molecule has 118 valence electrons. The topological polar surface area (TPSA) is 66.8 Å². The summed E-state index contributed by atoms with van der Waals surface area (Å²) in [5.41, 5.74) is -1.33. The first-order valence-electron chi connectivity index (χ1n) is 6.87. The number of benzene rings is 1. The van der Waals surface area contributed by atoms with Crippen LogP contribution >= 0.6 is 0 Å². The fourth-order valence-corrected chi connectivity index (χ4v) is 3.63. The van der Waals surface area contributed by atoms with E-state index in [2.05, 4.69) is 0 Å². The maximum atomic E-state index is 13.1. The highest BCUT2D eigenvalue weighted by Gasteiger charge is 2.42. The molecule has 5 nitrogen and oxygen atoms in total. The van der Waals surface area contributed by atoms with Gasteiger partial charge < -0.3 is 9.84 Å². The van der Waals surface area contributed by atoms with Gasteiger partial charge in [-0.15, -0.1) is 0 Å². The highest BCUT2D eigenvalue weighted by Crippen LogP contribution is 2.28. The van der Waals surface area contributed by atoms with Gasteiger partial charge >= 0.3 is 0 Å². The lowest BCUT2D eigenvalue weighted by molar-refractivity contribution is -0.0814. The molecule has 1 fully saturated rings. The van der Waals surface area contributed by atoms with Crippen LogP contribution in [0.5, 0.6) is 5.75 Å². The molecule has 1 N–H and O–H groups in total. The van der Waals surface area contributed by atoms with E-state index in [0.717, 1.165) is 0 Å². The summed E-state index contributed by atoms with van der Waals surface area (Å²) in [4.78, 5) is 0. The van der Waals surface area contributed by atoms with Gasteiger partial charge in [0.05, 0.1) is 5.75 Å². The SMILES string of the molecule is CCS(=O)(=O)N1CC[C@H](Oc2cccc(F)c2)[C@@](C)(O)C1. The van der Waals surface area contributed by atoms with Crippen LogP contribution in [0.25, 0.3) is 0 Å². The molecule has 0 saturated carbocycles. The van der Waals surface area contributed by atoms with Gasteiger partial charge in [-0.2, -0.15) is 4.31 Å². The van der Waals surface area contributed by atoms with E-state index in [-0.39, 0.29) is 18.8 Å². The highest BCUT2D eigenvalue weighted by atomic mass is 32.2. The molecule has 0 radical (unpaired) electrons.